The van der Waals surface area contributed by atoms with Crippen molar-refractivity contribution in [3.8, 4) is 0 Å². The van der Waals surface area contributed by atoms with Crippen molar-refractivity contribution in [1.82, 2.24) is 15.8 Å². The number of urea groups is 1. The number of aromatic nitrogens is 1. The Bertz CT molecular complexity index is 452. The molecule has 1 aromatic rings. The van der Waals surface area contributed by atoms with Gasteiger partial charge in [-0.25, -0.2) is 4.79 Å². The van der Waals surface area contributed by atoms with Crippen LogP contribution in [0.25, 0.3) is 0 Å². The molecule has 0 saturated heterocycles. The molecule has 2 unspecified atom stereocenters. The van der Waals surface area contributed by atoms with E-state index in [0.29, 0.717) is 24.8 Å². The molecule has 22 heavy (non-hydrogen) atoms. The molecule has 0 fully saturated rings. The molecule has 0 aliphatic heterocycles. The van der Waals surface area contributed by atoms with Gasteiger partial charge in [0.05, 0.1) is 11.7 Å². The third kappa shape index (κ3) is 5.67. The molecule has 1 heterocycles. The summed E-state index contributed by atoms with van der Waals surface area (Å²) in [5.41, 5.74) is 1.72. The van der Waals surface area contributed by atoms with Gasteiger partial charge in [-0.2, -0.15) is 0 Å². The smallest absolute Gasteiger partial charge is 0.315 e. The summed E-state index contributed by atoms with van der Waals surface area (Å²) in [5, 5.41) is 18.8. The van der Waals surface area contributed by atoms with Gasteiger partial charge in [0.25, 0.3) is 0 Å². The molecule has 2 atom stereocenters. The van der Waals surface area contributed by atoms with Crippen LogP contribution in [0.5, 0.6) is 0 Å². The summed E-state index contributed by atoms with van der Waals surface area (Å²) in [5.74, 6) is 1.57. The van der Waals surface area contributed by atoms with Gasteiger partial charge < -0.3 is 20.3 Å². The maximum absolute atomic E-state index is 12.0. The third-order valence-corrected chi connectivity index (χ3v) is 3.76. The summed E-state index contributed by atoms with van der Waals surface area (Å²) in [4.78, 5) is 12.0. The summed E-state index contributed by atoms with van der Waals surface area (Å²) >= 11 is 0. The first-order valence-electron chi connectivity index (χ1n) is 7.93. The first kappa shape index (κ1) is 18.5. The third-order valence-electron chi connectivity index (χ3n) is 3.76. The topological polar surface area (TPSA) is 87.4 Å². The number of carbonyl (C=O) groups excluding carboxylic acids is 1. The largest absolute Gasteiger partial charge is 0.396 e. The predicted octanol–water partition coefficient (Wildman–Crippen LogP) is 2.70. The summed E-state index contributed by atoms with van der Waals surface area (Å²) in [7, 11) is 0. The van der Waals surface area contributed by atoms with E-state index in [9.17, 15) is 4.79 Å². The van der Waals surface area contributed by atoms with E-state index in [1.165, 1.54) is 0 Å². The maximum Gasteiger partial charge on any atom is 0.315 e. The Morgan fingerprint density at radius 1 is 1.32 bits per heavy atom. The van der Waals surface area contributed by atoms with E-state index in [-0.39, 0.29) is 18.7 Å². The number of hydrogen-bond donors (Lipinski definition) is 3. The average Bonchev–Trinajstić information content (AvgIpc) is 2.75. The molecule has 6 nitrogen and oxygen atoms in total. The van der Waals surface area contributed by atoms with Gasteiger partial charge >= 0.3 is 6.03 Å². The normalized spacial score (nSPS) is 14.0. The molecule has 2 amide bonds. The van der Waals surface area contributed by atoms with Crippen molar-refractivity contribution in [2.75, 3.05) is 13.2 Å². The summed E-state index contributed by atoms with van der Waals surface area (Å²) in [6.07, 6.45) is 1.69. The molecule has 126 valence electrons. The highest BCUT2D eigenvalue weighted by molar-refractivity contribution is 5.74. The van der Waals surface area contributed by atoms with Crippen molar-refractivity contribution in [2.45, 2.75) is 53.5 Å². The van der Waals surface area contributed by atoms with E-state index < -0.39 is 0 Å². The van der Waals surface area contributed by atoms with E-state index in [1.807, 2.05) is 20.8 Å². The molecule has 0 radical (unpaired) electrons. The monoisotopic (exact) mass is 311 g/mol. The second-order valence-corrected chi connectivity index (χ2v) is 6.32. The molecule has 3 N–H and O–H groups in total. The molecule has 6 heteroatoms. The number of hydrogen-bond acceptors (Lipinski definition) is 4. The van der Waals surface area contributed by atoms with Crippen molar-refractivity contribution in [2.24, 2.45) is 11.8 Å². The number of aryl methyl sites for hydroxylation is 2. The number of nitrogens with one attached hydrogen (secondary N) is 2. The Labute approximate surface area is 132 Å². The minimum Gasteiger partial charge on any atom is -0.396 e. The maximum atomic E-state index is 12.0. The number of carbonyl (C=O) groups is 1. The van der Waals surface area contributed by atoms with Crippen LogP contribution in [-0.4, -0.2) is 29.4 Å². The lowest BCUT2D eigenvalue weighted by Gasteiger charge is -2.20. The van der Waals surface area contributed by atoms with E-state index in [2.05, 4.69) is 29.6 Å². The van der Waals surface area contributed by atoms with Gasteiger partial charge in [0.2, 0.25) is 0 Å². The highest BCUT2D eigenvalue weighted by Crippen LogP contribution is 2.20. The first-order valence-corrected chi connectivity index (χ1v) is 7.93. The predicted molar refractivity (Wildman–Crippen MR) is 85.6 cm³/mol. The summed E-state index contributed by atoms with van der Waals surface area (Å²) < 4.78 is 5.12. The highest BCUT2D eigenvalue weighted by Gasteiger charge is 2.19. The van der Waals surface area contributed by atoms with Crippen molar-refractivity contribution < 1.29 is 14.4 Å². The van der Waals surface area contributed by atoms with Crippen LogP contribution in [0.2, 0.25) is 0 Å². The lowest BCUT2D eigenvalue weighted by Crippen LogP contribution is -2.40. The zero-order valence-corrected chi connectivity index (χ0v) is 14.3. The van der Waals surface area contributed by atoms with Gasteiger partial charge in [-0.15, -0.1) is 0 Å². The lowest BCUT2D eigenvalue weighted by atomic mass is 9.94. The van der Waals surface area contributed by atoms with E-state index in [1.54, 1.807) is 0 Å². The summed E-state index contributed by atoms with van der Waals surface area (Å²) in [6.45, 7) is 10.6. The number of nitrogens with zero attached hydrogens (tertiary/aromatic N) is 1. The molecule has 0 bridgehead atoms. The standard InChI is InChI=1S/C16H29N3O3/c1-10(2)8-14(6-7-20)9-17-16(21)18-11(3)15-12(4)19-22-13(15)5/h10-11,14,20H,6-9H2,1-5H3,(H2,17,18,21). The number of aliphatic hydroxyl groups excluding tert-OH is 1. The lowest BCUT2D eigenvalue weighted by molar-refractivity contribution is 0.223. The first-order chi connectivity index (χ1) is 10.3. The summed E-state index contributed by atoms with van der Waals surface area (Å²) in [6, 6.07) is -0.369. The molecule has 0 spiro atoms. The Kier molecular flexibility index (Phi) is 7.38. The average molecular weight is 311 g/mol. The van der Waals surface area contributed by atoms with Crippen molar-refractivity contribution >= 4 is 6.03 Å². The SMILES string of the molecule is Cc1noc(C)c1C(C)NC(=O)NCC(CCO)CC(C)C. The molecular formula is C16H29N3O3. The minimum atomic E-state index is -0.209. The quantitative estimate of drug-likeness (QED) is 0.689. The molecular weight excluding hydrogens is 282 g/mol. The number of amides is 2. The van der Waals surface area contributed by atoms with E-state index >= 15 is 0 Å². The fraction of sp³-hybridized carbons (Fsp3) is 0.750. The van der Waals surface area contributed by atoms with Crippen molar-refractivity contribution in [1.29, 1.82) is 0 Å². The van der Waals surface area contributed by atoms with Crippen LogP contribution < -0.4 is 10.6 Å². The van der Waals surface area contributed by atoms with Crippen molar-refractivity contribution in [3.05, 3.63) is 17.0 Å². The second kappa shape index (κ2) is 8.78. The Morgan fingerprint density at radius 2 is 2.00 bits per heavy atom. The van der Waals surface area contributed by atoms with Crippen LogP contribution in [0.15, 0.2) is 4.52 Å². The van der Waals surface area contributed by atoms with E-state index in [0.717, 1.165) is 23.4 Å². The van der Waals surface area contributed by atoms with E-state index in [4.69, 9.17) is 9.63 Å². The zero-order chi connectivity index (χ0) is 16.7. The fourth-order valence-corrected chi connectivity index (χ4v) is 2.82. The van der Waals surface area contributed by atoms with Gasteiger partial charge in [0.1, 0.15) is 5.76 Å². The molecule has 0 aliphatic rings. The van der Waals surface area contributed by atoms with Gasteiger partial charge in [0, 0.05) is 18.7 Å². The van der Waals surface area contributed by atoms with Crippen molar-refractivity contribution in [3.63, 3.8) is 0 Å². The molecule has 1 rings (SSSR count). The van der Waals surface area contributed by atoms with Crippen LogP contribution in [0.3, 0.4) is 0 Å². The molecule has 1 aromatic heterocycles. The number of rotatable bonds is 8. The zero-order valence-electron chi connectivity index (χ0n) is 14.3. The van der Waals surface area contributed by atoms with Gasteiger partial charge in [0.15, 0.2) is 0 Å². The van der Waals surface area contributed by atoms with Gasteiger partial charge in [-0.05, 0) is 45.4 Å². The number of aliphatic hydroxyl groups is 1. The van der Waals surface area contributed by atoms with Gasteiger partial charge in [-0.1, -0.05) is 19.0 Å². The van der Waals surface area contributed by atoms with Crippen LogP contribution in [0.4, 0.5) is 4.79 Å². The van der Waals surface area contributed by atoms with Crippen LogP contribution in [0.1, 0.15) is 56.7 Å². The Morgan fingerprint density at radius 3 is 2.50 bits per heavy atom. The highest BCUT2D eigenvalue weighted by atomic mass is 16.5. The minimum absolute atomic E-state index is 0.149. The Hall–Kier alpha value is -1.56. The fourth-order valence-electron chi connectivity index (χ4n) is 2.82. The Balaban J connectivity index is 2.48. The second-order valence-electron chi connectivity index (χ2n) is 6.32. The van der Waals surface area contributed by atoms with Crippen LogP contribution in [0, 0.1) is 25.7 Å². The van der Waals surface area contributed by atoms with Crippen LogP contribution >= 0.6 is 0 Å². The molecule has 0 saturated carbocycles. The van der Waals surface area contributed by atoms with Gasteiger partial charge in [-0.3, -0.25) is 0 Å². The molecule has 0 aromatic carbocycles. The van der Waals surface area contributed by atoms with Crippen LogP contribution in [-0.2, 0) is 0 Å². The molecule has 0 aliphatic carbocycles.